The lowest BCUT2D eigenvalue weighted by Crippen LogP contribution is -2.04. The number of aliphatic hydroxyl groups is 1. The maximum Gasteiger partial charge on any atom is 0.0873 e. The van der Waals surface area contributed by atoms with E-state index in [9.17, 15) is 0 Å². The zero-order valence-electron chi connectivity index (χ0n) is 7.76. The van der Waals surface area contributed by atoms with Crippen molar-refractivity contribution >= 4 is 0 Å². The lowest BCUT2D eigenvalue weighted by Gasteiger charge is -2.06. The summed E-state index contributed by atoms with van der Waals surface area (Å²) in [4.78, 5) is 8.59. The predicted octanol–water partition coefficient (Wildman–Crippen LogP) is 1.15. The van der Waals surface area contributed by atoms with Crippen molar-refractivity contribution < 1.29 is 5.11 Å². The maximum atomic E-state index is 8.90. The molecule has 0 aromatic carbocycles. The number of hydrogen-bond acceptors (Lipinski definition) is 3. The third-order valence-electron chi connectivity index (χ3n) is 1.93. The van der Waals surface area contributed by atoms with Crippen LogP contribution in [-0.4, -0.2) is 15.1 Å². The molecule has 0 atom stereocenters. The van der Waals surface area contributed by atoms with Gasteiger partial charge >= 0.3 is 0 Å². The smallest absolute Gasteiger partial charge is 0.0873 e. The van der Waals surface area contributed by atoms with Crippen molar-refractivity contribution in [3.63, 3.8) is 0 Å². The first-order chi connectivity index (χ1) is 5.69. The zero-order chi connectivity index (χ0) is 9.14. The Morgan fingerprint density at radius 1 is 1.08 bits per heavy atom. The van der Waals surface area contributed by atoms with Gasteiger partial charge in [0.05, 0.1) is 29.4 Å². The SMILES string of the molecule is CCc1nc(C)c(CO)nc1C. The number of hydrogen-bond donors (Lipinski definition) is 1. The van der Waals surface area contributed by atoms with Crippen molar-refractivity contribution in [2.45, 2.75) is 33.8 Å². The predicted molar refractivity (Wildman–Crippen MR) is 46.8 cm³/mol. The first-order valence-electron chi connectivity index (χ1n) is 4.12. The average Bonchev–Trinajstić information content (AvgIpc) is 2.08. The summed E-state index contributed by atoms with van der Waals surface area (Å²) in [7, 11) is 0. The van der Waals surface area contributed by atoms with Gasteiger partial charge in [0, 0.05) is 0 Å². The van der Waals surface area contributed by atoms with Crippen LogP contribution in [0.5, 0.6) is 0 Å². The minimum absolute atomic E-state index is 0.0241. The minimum Gasteiger partial charge on any atom is -0.390 e. The van der Waals surface area contributed by atoms with Gasteiger partial charge in [-0.25, -0.2) is 0 Å². The summed E-state index contributed by atoms with van der Waals surface area (Å²) in [5.74, 6) is 0. The van der Waals surface area contributed by atoms with E-state index in [0.29, 0.717) is 5.69 Å². The molecule has 0 aliphatic carbocycles. The van der Waals surface area contributed by atoms with E-state index in [-0.39, 0.29) is 6.61 Å². The zero-order valence-corrected chi connectivity index (χ0v) is 7.76. The van der Waals surface area contributed by atoms with Crippen molar-refractivity contribution in [1.29, 1.82) is 0 Å². The molecule has 1 rings (SSSR count). The van der Waals surface area contributed by atoms with Crippen LogP contribution in [0.1, 0.15) is 29.7 Å². The molecule has 1 aromatic heterocycles. The molecule has 1 heterocycles. The Kier molecular flexibility index (Phi) is 2.76. The van der Waals surface area contributed by atoms with Gasteiger partial charge in [0.15, 0.2) is 0 Å². The van der Waals surface area contributed by atoms with Crippen molar-refractivity contribution in [2.24, 2.45) is 0 Å². The highest BCUT2D eigenvalue weighted by Crippen LogP contribution is 2.07. The van der Waals surface area contributed by atoms with Gasteiger partial charge in [0.1, 0.15) is 0 Å². The van der Waals surface area contributed by atoms with Gasteiger partial charge in [-0.3, -0.25) is 9.97 Å². The molecular weight excluding hydrogens is 152 g/mol. The van der Waals surface area contributed by atoms with E-state index in [4.69, 9.17) is 5.11 Å². The lowest BCUT2D eigenvalue weighted by molar-refractivity contribution is 0.275. The fourth-order valence-electron chi connectivity index (χ4n) is 1.18. The lowest BCUT2D eigenvalue weighted by atomic mass is 10.2. The maximum absolute atomic E-state index is 8.90. The van der Waals surface area contributed by atoms with E-state index in [1.807, 2.05) is 13.8 Å². The molecule has 0 fully saturated rings. The third kappa shape index (κ3) is 1.61. The highest BCUT2D eigenvalue weighted by Gasteiger charge is 2.04. The summed E-state index contributed by atoms with van der Waals surface area (Å²) in [5.41, 5.74) is 3.46. The largest absolute Gasteiger partial charge is 0.390 e. The van der Waals surface area contributed by atoms with Gasteiger partial charge < -0.3 is 5.11 Å². The molecule has 1 aromatic rings. The van der Waals surface area contributed by atoms with Crippen LogP contribution >= 0.6 is 0 Å². The molecule has 0 unspecified atom stereocenters. The summed E-state index contributed by atoms with van der Waals surface area (Å²) < 4.78 is 0. The van der Waals surface area contributed by atoms with E-state index in [1.165, 1.54) is 0 Å². The van der Waals surface area contributed by atoms with Gasteiger partial charge in [0.2, 0.25) is 0 Å². The molecule has 0 saturated carbocycles. The third-order valence-corrected chi connectivity index (χ3v) is 1.93. The normalized spacial score (nSPS) is 10.3. The Bertz CT molecular complexity index is 254. The van der Waals surface area contributed by atoms with Crippen LogP contribution in [0, 0.1) is 13.8 Å². The summed E-state index contributed by atoms with van der Waals surface area (Å²) in [6.45, 7) is 5.82. The van der Waals surface area contributed by atoms with E-state index in [0.717, 1.165) is 23.5 Å². The first-order valence-corrected chi connectivity index (χ1v) is 4.12. The van der Waals surface area contributed by atoms with Gasteiger partial charge in [-0.05, 0) is 20.3 Å². The molecule has 66 valence electrons. The molecule has 3 nitrogen and oxygen atoms in total. The fraction of sp³-hybridized carbons (Fsp3) is 0.556. The molecular formula is C9H14N2O. The van der Waals surface area contributed by atoms with Crippen LogP contribution in [0.4, 0.5) is 0 Å². The number of rotatable bonds is 2. The Morgan fingerprint density at radius 2 is 1.58 bits per heavy atom. The minimum atomic E-state index is -0.0241. The number of nitrogens with zero attached hydrogens (tertiary/aromatic N) is 2. The quantitative estimate of drug-likeness (QED) is 0.716. The van der Waals surface area contributed by atoms with Crippen LogP contribution in [0.25, 0.3) is 0 Å². The monoisotopic (exact) mass is 166 g/mol. The number of aliphatic hydroxyl groups excluding tert-OH is 1. The molecule has 0 spiro atoms. The van der Waals surface area contributed by atoms with Crippen molar-refractivity contribution in [2.75, 3.05) is 0 Å². The van der Waals surface area contributed by atoms with Crippen LogP contribution in [0.3, 0.4) is 0 Å². The summed E-state index contributed by atoms with van der Waals surface area (Å²) in [6.07, 6.45) is 0.894. The summed E-state index contributed by atoms with van der Waals surface area (Å²) in [6, 6.07) is 0. The second-order valence-electron chi connectivity index (χ2n) is 2.80. The molecule has 1 N–H and O–H groups in total. The molecule has 0 radical (unpaired) electrons. The fourth-order valence-corrected chi connectivity index (χ4v) is 1.18. The standard InChI is InChI=1S/C9H14N2O/c1-4-8-6(2)11-9(5-12)7(3)10-8/h12H,4-5H2,1-3H3. The number of aromatic nitrogens is 2. The molecule has 0 amide bonds. The van der Waals surface area contributed by atoms with Crippen molar-refractivity contribution in [3.05, 3.63) is 22.8 Å². The second-order valence-corrected chi connectivity index (χ2v) is 2.80. The van der Waals surface area contributed by atoms with Crippen LogP contribution < -0.4 is 0 Å². The second kappa shape index (κ2) is 3.63. The van der Waals surface area contributed by atoms with E-state index < -0.39 is 0 Å². The molecule has 0 bridgehead atoms. The highest BCUT2D eigenvalue weighted by atomic mass is 16.3. The Labute approximate surface area is 72.5 Å². The Morgan fingerprint density at radius 3 is 2.08 bits per heavy atom. The van der Waals surface area contributed by atoms with Gasteiger partial charge in [-0.2, -0.15) is 0 Å². The van der Waals surface area contributed by atoms with E-state index >= 15 is 0 Å². The van der Waals surface area contributed by atoms with Crippen molar-refractivity contribution in [3.8, 4) is 0 Å². The summed E-state index contributed by atoms with van der Waals surface area (Å²) in [5, 5.41) is 8.90. The average molecular weight is 166 g/mol. The van der Waals surface area contributed by atoms with Gasteiger partial charge in [-0.15, -0.1) is 0 Å². The molecule has 0 aliphatic rings. The Balaban J connectivity index is 3.16. The van der Waals surface area contributed by atoms with Crippen LogP contribution in [-0.2, 0) is 13.0 Å². The van der Waals surface area contributed by atoms with Crippen LogP contribution in [0.15, 0.2) is 0 Å². The summed E-state index contributed by atoms with van der Waals surface area (Å²) >= 11 is 0. The van der Waals surface area contributed by atoms with E-state index in [2.05, 4.69) is 16.9 Å². The first kappa shape index (κ1) is 9.13. The topological polar surface area (TPSA) is 46.0 Å². The molecule has 0 aliphatic heterocycles. The van der Waals surface area contributed by atoms with Gasteiger partial charge in [0.25, 0.3) is 0 Å². The van der Waals surface area contributed by atoms with E-state index in [1.54, 1.807) is 0 Å². The molecule has 3 heteroatoms. The Hall–Kier alpha value is -0.960. The molecule has 12 heavy (non-hydrogen) atoms. The highest BCUT2D eigenvalue weighted by molar-refractivity contribution is 5.18. The van der Waals surface area contributed by atoms with Crippen molar-refractivity contribution in [1.82, 2.24) is 9.97 Å². The van der Waals surface area contributed by atoms with Gasteiger partial charge in [-0.1, -0.05) is 6.92 Å². The molecule has 0 saturated heterocycles. The number of aryl methyl sites for hydroxylation is 3. The van der Waals surface area contributed by atoms with Crippen LogP contribution in [0.2, 0.25) is 0 Å².